The molecular formula is C18H19BrN2O4. The third-order valence-corrected chi connectivity index (χ3v) is 3.62. The van der Waals surface area contributed by atoms with Gasteiger partial charge in [0.15, 0.2) is 17.3 Å². The van der Waals surface area contributed by atoms with E-state index in [1.165, 1.54) is 0 Å². The predicted octanol–water partition coefficient (Wildman–Crippen LogP) is 3.72. The van der Waals surface area contributed by atoms with Crippen LogP contribution in [0.4, 0.5) is 0 Å². The number of carbonyl (C=O) groups excluding carboxylic acids is 1. The third-order valence-electron chi connectivity index (χ3n) is 3.13. The minimum absolute atomic E-state index is 0.102. The Labute approximate surface area is 154 Å². The van der Waals surface area contributed by atoms with Crippen LogP contribution in [0.5, 0.6) is 11.5 Å². The molecule has 2 aromatic rings. The average Bonchev–Trinajstić information content (AvgIpc) is 2.61. The molecule has 0 heterocycles. The zero-order valence-corrected chi connectivity index (χ0v) is 15.6. The average molecular weight is 407 g/mol. The Morgan fingerprint density at radius 3 is 2.44 bits per heavy atom. The van der Waals surface area contributed by atoms with E-state index in [1.54, 1.807) is 30.3 Å². The summed E-state index contributed by atoms with van der Waals surface area (Å²) in [7, 11) is 0. The lowest BCUT2D eigenvalue weighted by atomic mass is 10.2. The van der Waals surface area contributed by atoms with Crippen molar-refractivity contribution >= 4 is 27.7 Å². The van der Waals surface area contributed by atoms with Crippen LogP contribution in [0.1, 0.15) is 29.8 Å². The highest BCUT2D eigenvalue weighted by atomic mass is 79.9. The second-order valence-corrected chi connectivity index (χ2v) is 5.81. The summed E-state index contributed by atoms with van der Waals surface area (Å²) in [5.74, 6) is 0.508. The van der Waals surface area contributed by atoms with Crippen molar-refractivity contribution in [2.75, 3.05) is 13.2 Å². The molecule has 0 bridgehead atoms. The van der Waals surface area contributed by atoms with Crippen molar-refractivity contribution in [2.24, 2.45) is 10.9 Å². The molecule has 2 rings (SSSR count). The summed E-state index contributed by atoms with van der Waals surface area (Å²) in [5, 5.41) is 3.70. The van der Waals surface area contributed by atoms with Gasteiger partial charge in [-0.15, -0.1) is 0 Å². The molecule has 25 heavy (non-hydrogen) atoms. The molecule has 0 unspecified atom stereocenters. The number of nitrogens with zero attached hydrogens (tertiary/aromatic N) is 1. The maximum Gasteiger partial charge on any atom is 0.365 e. The quantitative estimate of drug-likeness (QED) is 0.327. The van der Waals surface area contributed by atoms with Gasteiger partial charge in [-0.1, -0.05) is 33.2 Å². The largest absolute Gasteiger partial charge is 0.490 e. The summed E-state index contributed by atoms with van der Waals surface area (Å²) in [4.78, 5) is 17.1. The second kappa shape index (κ2) is 9.08. The van der Waals surface area contributed by atoms with Crippen molar-refractivity contribution in [3.8, 4) is 11.5 Å². The maximum absolute atomic E-state index is 12.2. The van der Waals surface area contributed by atoms with Gasteiger partial charge in [-0.2, -0.15) is 0 Å². The highest BCUT2D eigenvalue weighted by Crippen LogP contribution is 2.28. The number of rotatable bonds is 7. The number of carbonyl (C=O) groups is 1. The monoisotopic (exact) mass is 406 g/mol. The molecule has 0 aliphatic carbocycles. The molecule has 0 saturated carbocycles. The van der Waals surface area contributed by atoms with Gasteiger partial charge in [0, 0.05) is 10.0 Å². The number of halogens is 1. The Balaban J connectivity index is 2.14. The van der Waals surface area contributed by atoms with E-state index in [2.05, 4.69) is 21.1 Å². The van der Waals surface area contributed by atoms with E-state index in [4.69, 9.17) is 20.0 Å². The molecule has 0 spiro atoms. The van der Waals surface area contributed by atoms with E-state index in [9.17, 15) is 4.79 Å². The number of amidine groups is 1. The number of oxime groups is 1. The smallest absolute Gasteiger partial charge is 0.365 e. The van der Waals surface area contributed by atoms with Crippen LogP contribution in [-0.2, 0) is 4.84 Å². The van der Waals surface area contributed by atoms with Gasteiger partial charge in [-0.3, -0.25) is 0 Å². The minimum Gasteiger partial charge on any atom is -0.490 e. The highest BCUT2D eigenvalue weighted by molar-refractivity contribution is 9.10. The number of benzene rings is 2. The van der Waals surface area contributed by atoms with Crippen LogP contribution in [0, 0.1) is 0 Å². The molecular weight excluding hydrogens is 388 g/mol. The van der Waals surface area contributed by atoms with Gasteiger partial charge in [0.05, 0.1) is 18.8 Å². The zero-order chi connectivity index (χ0) is 18.2. The van der Waals surface area contributed by atoms with Crippen molar-refractivity contribution < 1.29 is 19.1 Å². The van der Waals surface area contributed by atoms with Gasteiger partial charge in [0.1, 0.15) is 0 Å². The molecule has 0 amide bonds. The van der Waals surface area contributed by atoms with Gasteiger partial charge in [-0.25, -0.2) is 4.79 Å². The molecule has 0 fully saturated rings. The summed E-state index contributed by atoms with van der Waals surface area (Å²) >= 11 is 3.35. The topological polar surface area (TPSA) is 83.1 Å². The number of hydrogen-bond acceptors (Lipinski definition) is 5. The Kier molecular flexibility index (Phi) is 6.82. The first kappa shape index (κ1) is 18.8. The van der Waals surface area contributed by atoms with E-state index in [0.29, 0.717) is 30.3 Å². The fourth-order valence-electron chi connectivity index (χ4n) is 2.02. The summed E-state index contributed by atoms with van der Waals surface area (Å²) in [6.45, 7) is 4.67. The zero-order valence-electron chi connectivity index (χ0n) is 14.0. The molecule has 0 radical (unpaired) electrons. The minimum atomic E-state index is -0.637. The van der Waals surface area contributed by atoms with E-state index in [0.717, 1.165) is 4.47 Å². The van der Waals surface area contributed by atoms with E-state index in [1.807, 2.05) is 26.0 Å². The van der Waals surface area contributed by atoms with E-state index < -0.39 is 5.97 Å². The van der Waals surface area contributed by atoms with Gasteiger partial charge in [0.2, 0.25) is 0 Å². The molecule has 0 aromatic heterocycles. The van der Waals surface area contributed by atoms with Crippen molar-refractivity contribution in [1.82, 2.24) is 0 Å². The van der Waals surface area contributed by atoms with Gasteiger partial charge in [0.25, 0.3) is 0 Å². The normalized spacial score (nSPS) is 11.1. The Bertz CT molecular complexity index is 777. The van der Waals surface area contributed by atoms with Crippen LogP contribution in [0.15, 0.2) is 52.1 Å². The Morgan fingerprint density at radius 2 is 1.76 bits per heavy atom. The number of nitrogens with two attached hydrogens (primary N) is 1. The summed E-state index contributed by atoms with van der Waals surface area (Å²) in [6.07, 6.45) is 0. The first-order valence-corrected chi connectivity index (χ1v) is 8.54. The van der Waals surface area contributed by atoms with Crippen LogP contribution in [0.3, 0.4) is 0 Å². The molecule has 0 aliphatic rings. The Morgan fingerprint density at radius 1 is 1.04 bits per heavy atom. The van der Waals surface area contributed by atoms with Gasteiger partial charge >= 0.3 is 5.97 Å². The van der Waals surface area contributed by atoms with Crippen molar-refractivity contribution in [1.29, 1.82) is 0 Å². The third kappa shape index (κ3) is 5.22. The van der Waals surface area contributed by atoms with Crippen LogP contribution < -0.4 is 15.2 Å². The second-order valence-electron chi connectivity index (χ2n) is 4.89. The standard InChI is InChI=1S/C18H19BrN2O4/c1-3-23-15-9-8-13(11-16(15)24-4-2)18(22)25-21-17(20)12-6-5-7-14(19)10-12/h5-11H,3-4H2,1-2H3,(H2,20,21). The highest BCUT2D eigenvalue weighted by Gasteiger charge is 2.13. The number of hydrogen-bond donors (Lipinski definition) is 1. The first-order valence-electron chi connectivity index (χ1n) is 7.75. The van der Waals surface area contributed by atoms with Crippen LogP contribution >= 0.6 is 15.9 Å². The molecule has 6 nitrogen and oxygen atoms in total. The van der Waals surface area contributed by atoms with Crippen LogP contribution in [-0.4, -0.2) is 25.0 Å². The molecule has 7 heteroatoms. The molecule has 132 valence electrons. The summed E-state index contributed by atoms with van der Waals surface area (Å²) < 4.78 is 11.8. The van der Waals surface area contributed by atoms with Crippen LogP contribution in [0.2, 0.25) is 0 Å². The lowest BCUT2D eigenvalue weighted by Gasteiger charge is -2.11. The van der Waals surface area contributed by atoms with Gasteiger partial charge in [-0.05, 0) is 44.2 Å². The van der Waals surface area contributed by atoms with E-state index in [-0.39, 0.29) is 11.4 Å². The molecule has 0 atom stereocenters. The van der Waals surface area contributed by atoms with Crippen molar-refractivity contribution in [2.45, 2.75) is 13.8 Å². The van der Waals surface area contributed by atoms with Crippen molar-refractivity contribution in [3.63, 3.8) is 0 Å². The predicted molar refractivity (Wildman–Crippen MR) is 99.1 cm³/mol. The lowest BCUT2D eigenvalue weighted by Crippen LogP contribution is -2.15. The SMILES string of the molecule is CCOc1ccc(C(=O)O/N=C(/N)c2cccc(Br)c2)cc1OCC. The van der Waals surface area contributed by atoms with E-state index >= 15 is 0 Å². The van der Waals surface area contributed by atoms with Gasteiger partial charge < -0.3 is 20.0 Å². The number of ether oxygens (including phenoxy) is 2. The van der Waals surface area contributed by atoms with Crippen LogP contribution in [0.25, 0.3) is 0 Å². The summed E-state index contributed by atoms with van der Waals surface area (Å²) in [5.41, 5.74) is 6.77. The Hall–Kier alpha value is -2.54. The first-order chi connectivity index (χ1) is 12.0. The van der Waals surface area contributed by atoms with Crippen molar-refractivity contribution in [3.05, 3.63) is 58.1 Å². The maximum atomic E-state index is 12.2. The summed E-state index contributed by atoms with van der Waals surface area (Å²) in [6, 6.07) is 12.0. The lowest BCUT2D eigenvalue weighted by molar-refractivity contribution is 0.0515. The fourth-order valence-corrected chi connectivity index (χ4v) is 2.42. The molecule has 0 aliphatic heterocycles. The molecule has 2 N–H and O–H groups in total. The fraction of sp³-hybridized carbons (Fsp3) is 0.222. The molecule has 0 saturated heterocycles. The molecule has 2 aromatic carbocycles.